The van der Waals surface area contributed by atoms with Gasteiger partial charge in [-0.25, -0.2) is 0 Å². The van der Waals surface area contributed by atoms with Gasteiger partial charge in [-0.05, 0) is 31.0 Å². The molecule has 2 rings (SSSR count). The van der Waals surface area contributed by atoms with E-state index in [4.69, 9.17) is 0 Å². The average Bonchev–Trinajstić information content (AvgIpc) is 2.48. The van der Waals surface area contributed by atoms with Crippen LogP contribution in [0.4, 0.5) is 0 Å². The average molecular weight is 255 g/mol. The van der Waals surface area contributed by atoms with Crippen LogP contribution in [-0.2, 0) is 6.42 Å². The number of nitrogens with one attached hydrogen (secondary N) is 1. The van der Waals surface area contributed by atoms with Crippen molar-refractivity contribution in [1.29, 1.82) is 0 Å². The van der Waals surface area contributed by atoms with E-state index in [0.717, 1.165) is 18.5 Å². The number of rotatable bonds is 6. The van der Waals surface area contributed by atoms with E-state index in [0.29, 0.717) is 0 Å². The van der Waals surface area contributed by atoms with Gasteiger partial charge in [0.2, 0.25) is 0 Å². The molecule has 0 radical (unpaired) electrons. The second-order valence-corrected chi connectivity index (χ2v) is 4.83. The van der Waals surface area contributed by atoms with Crippen molar-refractivity contribution in [3.63, 3.8) is 0 Å². The molecule has 2 aromatic rings. The van der Waals surface area contributed by atoms with Gasteiger partial charge in [0.25, 0.3) is 0 Å². The molecular weight excluding hydrogens is 234 g/mol. The predicted molar refractivity (Wildman–Crippen MR) is 79.0 cm³/mol. The molecule has 2 heteroatoms. The summed E-state index contributed by atoms with van der Waals surface area (Å²) < 4.78 is 0. The highest BCUT2D eigenvalue weighted by atomic mass is 16.3. The summed E-state index contributed by atoms with van der Waals surface area (Å²) in [4.78, 5) is 0. The fraction of sp³-hybridized carbons (Fsp3) is 0.294. The summed E-state index contributed by atoms with van der Waals surface area (Å²) in [5, 5.41) is 13.6. The molecule has 2 aromatic carbocycles. The molecule has 0 aromatic heterocycles. The third kappa shape index (κ3) is 4.19. The molecule has 2 atom stereocenters. The van der Waals surface area contributed by atoms with E-state index in [2.05, 4.69) is 29.6 Å². The smallest absolute Gasteiger partial charge is 0.0940 e. The fourth-order valence-corrected chi connectivity index (χ4v) is 2.14. The van der Waals surface area contributed by atoms with E-state index in [1.54, 1.807) is 0 Å². The van der Waals surface area contributed by atoms with E-state index >= 15 is 0 Å². The number of aliphatic hydroxyl groups excluding tert-OH is 1. The van der Waals surface area contributed by atoms with Crippen LogP contribution in [0.5, 0.6) is 0 Å². The first-order valence-electron chi connectivity index (χ1n) is 6.77. The molecule has 100 valence electrons. The minimum absolute atomic E-state index is 0.0473. The molecule has 0 amide bonds. The maximum absolute atomic E-state index is 10.2. The molecule has 2 unspecified atom stereocenters. The van der Waals surface area contributed by atoms with Crippen LogP contribution < -0.4 is 5.32 Å². The Balaban J connectivity index is 1.80. The van der Waals surface area contributed by atoms with Gasteiger partial charge in [0.1, 0.15) is 0 Å². The first-order valence-corrected chi connectivity index (χ1v) is 6.77. The second-order valence-electron chi connectivity index (χ2n) is 4.83. The van der Waals surface area contributed by atoms with Gasteiger partial charge in [-0.1, -0.05) is 60.7 Å². The summed E-state index contributed by atoms with van der Waals surface area (Å²) in [6.07, 6.45) is 0.518. The summed E-state index contributed by atoms with van der Waals surface area (Å²) in [7, 11) is 0. The van der Waals surface area contributed by atoms with Crippen LogP contribution in [0, 0.1) is 0 Å². The van der Waals surface area contributed by atoms with Crippen LogP contribution in [-0.4, -0.2) is 17.7 Å². The van der Waals surface area contributed by atoms with Crippen molar-refractivity contribution in [3.8, 4) is 0 Å². The molecule has 0 aliphatic carbocycles. The van der Waals surface area contributed by atoms with Crippen LogP contribution in [0.2, 0.25) is 0 Å². The third-order valence-corrected chi connectivity index (χ3v) is 3.34. The zero-order valence-corrected chi connectivity index (χ0v) is 11.3. The maximum atomic E-state index is 10.2. The first kappa shape index (κ1) is 13.8. The Labute approximate surface area is 115 Å². The van der Waals surface area contributed by atoms with Gasteiger partial charge in [-0.2, -0.15) is 0 Å². The van der Waals surface area contributed by atoms with Gasteiger partial charge in [0.15, 0.2) is 0 Å². The van der Waals surface area contributed by atoms with E-state index < -0.39 is 6.10 Å². The summed E-state index contributed by atoms with van der Waals surface area (Å²) in [5.74, 6) is 0. The second kappa shape index (κ2) is 7.07. The van der Waals surface area contributed by atoms with Gasteiger partial charge >= 0.3 is 0 Å². The molecule has 0 saturated carbocycles. The van der Waals surface area contributed by atoms with Crippen molar-refractivity contribution < 1.29 is 5.11 Å². The normalized spacial score (nSPS) is 14.0. The Morgan fingerprint density at radius 3 is 2.16 bits per heavy atom. The van der Waals surface area contributed by atoms with E-state index in [1.165, 1.54) is 5.56 Å². The van der Waals surface area contributed by atoms with Gasteiger partial charge in [0.05, 0.1) is 6.10 Å². The minimum atomic E-state index is -0.461. The molecule has 0 aliphatic rings. The largest absolute Gasteiger partial charge is 0.387 e. The van der Waals surface area contributed by atoms with Crippen molar-refractivity contribution in [2.24, 2.45) is 0 Å². The minimum Gasteiger partial charge on any atom is -0.387 e. The van der Waals surface area contributed by atoms with Crippen molar-refractivity contribution in [3.05, 3.63) is 71.8 Å². The van der Waals surface area contributed by atoms with Gasteiger partial charge in [-0.15, -0.1) is 0 Å². The van der Waals surface area contributed by atoms with E-state index in [9.17, 15) is 5.11 Å². The standard InChI is InChI=1S/C17H21NO/c1-14(17(19)16-10-6-3-7-11-16)18-13-12-15-8-4-2-5-9-15/h2-11,14,17-19H,12-13H2,1H3. The van der Waals surface area contributed by atoms with Crippen LogP contribution >= 0.6 is 0 Å². The molecule has 2 nitrogen and oxygen atoms in total. The molecule has 0 bridgehead atoms. The number of hydrogen-bond donors (Lipinski definition) is 2. The summed E-state index contributed by atoms with van der Waals surface area (Å²) in [6.45, 7) is 2.89. The van der Waals surface area contributed by atoms with Crippen LogP contribution in [0.3, 0.4) is 0 Å². The summed E-state index contributed by atoms with van der Waals surface area (Å²) in [5.41, 5.74) is 2.28. The highest BCUT2D eigenvalue weighted by Crippen LogP contribution is 2.15. The Morgan fingerprint density at radius 1 is 0.947 bits per heavy atom. The lowest BCUT2D eigenvalue weighted by molar-refractivity contribution is 0.136. The quantitative estimate of drug-likeness (QED) is 0.832. The summed E-state index contributed by atoms with van der Waals surface area (Å²) in [6, 6.07) is 20.2. The summed E-state index contributed by atoms with van der Waals surface area (Å²) >= 11 is 0. The number of benzene rings is 2. The molecule has 19 heavy (non-hydrogen) atoms. The van der Waals surface area contributed by atoms with Crippen molar-refractivity contribution in [1.82, 2.24) is 5.32 Å². The van der Waals surface area contributed by atoms with Crippen LogP contribution in [0.15, 0.2) is 60.7 Å². The van der Waals surface area contributed by atoms with E-state index in [-0.39, 0.29) is 6.04 Å². The van der Waals surface area contributed by atoms with Gasteiger partial charge in [-0.3, -0.25) is 0 Å². The Hall–Kier alpha value is -1.64. The molecule has 2 N–H and O–H groups in total. The molecule has 0 saturated heterocycles. The highest BCUT2D eigenvalue weighted by Gasteiger charge is 2.14. The van der Waals surface area contributed by atoms with Crippen molar-refractivity contribution >= 4 is 0 Å². The number of aliphatic hydroxyl groups is 1. The molecule has 0 fully saturated rings. The molecular formula is C17H21NO. The zero-order chi connectivity index (χ0) is 13.5. The first-order chi connectivity index (χ1) is 9.27. The lowest BCUT2D eigenvalue weighted by Crippen LogP contribution is -2.33. The predicted octanol–water partition coefficient (Wildman–Crippen LogP) is 2.94. The maximum Gasteiger partial charge on any atom is 0.0940 e. The Kier molecular flexibility index (Phi) is 5.13. The van der Waals surface area contributed by atoms with E-state index in [1.807, 2.05) is 43.3 Å². The lowest BCUT2D eigenvalue weighted by atomic mass is 10.0. The Bertz CT molecular complexity index is 469. The number of hydrogen-bond acceptors (Lipinski definition) is 2. The lowest BCUT2D eigenvalue weighted by Gasteiger charge is -2.20. The monoisotopic (exact) mass is 255 g/mol. The van der Waals surface area contributed by atoms with Crippen molar-refractivity contribution in [2.75, 3.05) is 6.54 Å². The van der Waals surface area contributed by atoms with Crippen molar-refractivity contribution in [2.45, 2.75) is 25.5 Å². The molecule has 0 spiro atoms. The SMILES string of the molecule is CC(NCCc1ccccc1)C(O)c1ccccc1. The Morgan fingerprint density at radius 2 is 1.53 bits per heavy atom. The van der Waals surface area contributed by atoms with Gasteiger partial charge in [0, 0.05) is 6.04 Å². The highest BCUT2D eigenvalue weighted by molar-refractivity contribution is 5.19. The molecule has 0 aliphatic heterocycles. The topological polar surface area (TPSA) is 32.3 Å². The van der Waals surface area contributed by atoms with Crippen LogP contribution in [0.1, 0.15) is 24.2 Å². The third-order valence-electron chi connectivity index (χ3n) is 3.34. The van der Waals surface area contributed by atoms with Crippen LogP contribution in [0.25, 0.3) is 0 Å². The van der Waals surface area contributed by atoms with Gasteiger partial charge < -0.3 is 10.4 Å². The fourth-order valence-electron chi connectivity index (χ4n) is 2.14. The zero-order valence-electron chi connectivity index (χ0n) is 11.3. The molecule has 0 heterocycles.